The van der Waals surface area contributed by atoms with Gasteiger partial charge in [-0.3, -0.25) is 4.79 Å². The summed E-state index contributed by atoms with van der Waals surface area (Å²) in [7, 11) is 0. The van der Waals surface area contributed by atoms with Crippen molar-refractivity contribution >= 4 is 46.6 Å². The number of benzene rings is 1. The predicted octanol–water partition coefficient (Wildman–Crippen LogP) is 3.90. The molecule has 1 N–H and O–H groups in total. The minimum absolute atomic E-state index is 0.146. The Morgan fingerprint density at radius 1 is 1.23 bits per heavy atom. The van der Waals surface area contributed by atoms with Gasteiger partial charge in [-0.25, -0.2) is 0 Å². The van der Waals surface area contributed by atoms with Gasteiger partial charge in [-0.1, -0.05) is 41.9 Å². The fourth-order valence-electron chi connectivity index (χ4n) is 1.96. The number of thioether (sulfide) groups is 1. The molecule has 0 aliphatic rings. The molecule has 118 valence electrons. The Balaban J connectivity index is 1.97. The van der Waals surface area contributed by atoms with Crippen molar-refractivity contribution < 1.29 is 4.79 Å². The van der Waals surface area contributed by atoms with Crippen LogP contribution in [0.1, 0.15) is 19.7 Å². The summed E-state index contributed by atoms with van der Waals surface area (Å²) in [6.45, 7) is 4.84. The van der Waals surface area contributed by atoms with Crippen molar-refractivity contribution in [2.45, 2.75) is 32.0 Å². The van der Waals surface area contributed by atoms with Crippen LogP contribution in [0.2, 0.25) is 10.0 Å². The lowest BCUT2D eigenvalue weighted by Crippen LogP contribution is -2.14. The number of anilines is 1. The van der Waals surface area contributed by atoms with Crippen LogP contribution in [0.4, 0.5) is 5.69 Å². The Labute approximate surface area is 143 Å². The maximum Gasteiger partial charge on any atom is 0.234 e. The van der Waals surface area contributed by atoms with Crippen LogP contribution in [0.3, 0.4) is 0 Å². The molecule has 0 fully saturated rings. The highest BCUT2D eigenvalue weighted by Gasteiger charge is 2.12. The van der Waals surface area contributed by atoms with E-state index >= 15 is 0 Å². The molecular weight excluding hydrogens is 343 g/mol. The number of nitrogens with one attached hydrogen (secondary N) is 1. The van der Waals surface area contributed by atoms with Crippen LogP contribution >= 0.6 is 35.0 Å². The van der Waals surface area contributed by atoms with Gasteiger partial charge in [-0.05, 0) is 25.1 Å². The third kappa shape index (κ3) is 4.38. The predicted molar refractivity (Wildman–Crippen MR) is 90.9 cm³/mol. The number of rotatable bonds is 6. The maximum absolute atomic E-state index is 12.0. The van der Waals surface area contributed by atoms with Crippen LogP contribution < -0.4 is 5.32 Å². The molecule has 1 amide bonds. The van der Waals surface area contributed by atoms with Crippen LogP contribution in [0, 0.1) is 0 Å². The molecule has 5 nitrogen and oxygen atoms in total. The minimum atomic E-state index is -0.146. The summed E-state index contributed by atoms with van der Waals surface area (Å²) in [5.41, 5.74) is 0.578. The van der Waals surface area contributed by atoms with Gasteiger partial charge in [0.1, 0.15) is 5.82 Å². The van der Waals surface area contributed by atoms with Crippen LogP contribution in [0.5, 0.6) is 0 Å². The molecule has 0 aliphatic carbocycles. The van der Waals surface area contributed by atoms with E-state index in [1.165, 1.54) is 11.8 Å². The second kappa shape index (κ2) is 7.85. The first-order chi connectivity index (χ1) is 10.5. The van der Waals surface area contributed by atoms with E-state index in [1.54, 1.807) is 18.2 Å². The monoisotopic (exact) mass is 358 g/mol. The van der Waals surface area contributed by atoms with E-state index in [1.807, 2.05) is 18.4 Å². The van der Waals surface area contributed by atoms with Crippen molar-refractivity contribution in [3.8, 4) is 0 Å². The molecule has 1 aromatic carbocycles. The molecule has 0 spiro atoms. The van der Waals surface area contributed by atoms with Crippen LogP contribution in [0.15, 0.2) is 23.4 Å². The summed E-state index contributed by atoms with van der Waals surface area (Å²) >= 11 is 13.2. The standard InChI is InChI=1S/C14H16Cl2N4OS/c1-3-12-18-19-14(20(12)4-2)22-8-13(21)17-11-6-9(15)5-10(16)7-11/h5-7H,3-4,8H2,1-2H3,(H,17,21). The molecule has 2 rings (SSSR count). The van der Waals surface area contributed by atoms with E-state index in [2.05, 4.69) is 15.5 Å². The first kappa shape index (κ1) is 17.1. The Morgan fingerprint density at radius 3 is 2.50 bits per heavy atom. The zero-order chi connectivity index (χ0) is 16.1. The van der Waals surface area contributed by atoms with Crippen LogP contribution in [-0.4, -0.2) is 26.4 Å². The maximum atomic E-state index is 12.0. The molecule has 0 saturated heterocycles. The number of aromatic nitrogens is 3. The third-order valence-electron chi connectivity index (χ3n) is 2.90. The van der Waals surface area contributed by atoms with Gasteiger partial charge in [-0.15, -0.1) is 10.2 Å². The molecular formula is C14H16Cl2N4OS. The van der Waals surface area contributed by atoms with Crippen molar-refractivity contribution in [3.05, 3.63) is 34.1 Å². The van der Waals surface area contributed by atoms with Crippen molar-refractivity contribution in [3.63, 3.8) is 0 Å². The highest BCUT2D eigenvalue weighted by molar-refractivity contribution is 7.99. The largest absolute Gasteiger partial charge is 0.325 e. The third-order valence-corrected chi connectivity index (χ3v) is 4.31. The smallest absolute Gasteiger partial charge is 0.234 e. The summed E-state index contributed by atoms with van der Waals surface area (Å²) in [6.07, 6.45) is 0.814. The number of hydrogen-bond donors (Lipinski definition) is 1. The van der Waals surface area contributed by atoms with Crippen molar-refractivity contribution in [2.24, 2.45) is 0 Å². The second-order valence-corrected chi connectivity index (χ2v) is 6.31. The van der Waals surface area contributed by atoms with Gasteiger partial charge in [0, 0.05) is 28.7 Å². The van der Waals surface area contributed by atoms with Gasteiger partial charge >= 0.3 is 0 Å². The molecule has 0 unspecified atom stereocenters. The fourth-order valence-corrected chi connectivity index (χ4v) is 3.31. The molecule has 0 bridgehead atoms. The lowest BCUT2D eigenvalue weighted by molar-refractivity contribution is -0.113. The van der Waals surface area contributed by atoms with Gasteiger partial charge in [-0.2, -0.15) is 0 Å². The van der Waals surface area contributed by atoms with Gasteiger partial charge < -0.3 is 9.88 Å². The molecule has 1 heterocycles. The molecule has 0 radical (unpaired) electrons. The number of carbonyl (C=O) groups is 1. The van der Waals surface area contributed by atoms with E-state index in [9.17, 15) is 4.79 Å². The Hall–Kier alpha value is -1.24. The Bertz CT molecular complexity index is 655. The minimum Gasteiger partial charge on any atom is -0.325 e. The zero-order valence-corrected chi connectivity index (χ0v) is 14.6. The number of aryl methyl sites for hydroxylation is 1. The molecule has 1 aromatic heterocycles. The molecule has 0 saturated carbocycles. The van der Waals surface area contributed by atoms with Crippen molar-refractivity contribution in [2.75, 3.05) is 11.1 Å². The highest BCUT2D eigenvalue weighted by Crippen LogP contribution is 2.23. The average molecular weight is 359 g/mol. The summed E-state index contributed by atoms with van der Waals surface area (Å²) in [4.78, 5) is 12.0. The Morgan fingerprint density at radius 2 is 1.91 bits per heavy atom. The lowest BCUT2D eigenvalue weighted by Gasteiger charge is -2.07. The average Bonchev–Trinajstić information content (AvgIpc) is 2.85. The fraction of sp³-hybridized carbons (Fsp3) is 0.357. The van der Waals surface area contributed by atoms with Gasteiger partial charge in [0.15, 0.2) is 5.16 Å². The molecule has 0 atom stereocenters. The van der Waals surface area contributed by atoms with Gasteiger partial charge in [0.2, 0.25) is 5.91 Å². The molecule has 2 aromatic rings. The summed E-state index contributed by atoms with van der Waals surface area (Å²) < 4.78 is 2.01. The summed E-state index contributed by atoms with van der Waals surface area (Å²) in [5.74, 6) is 1.02. The zero-order valence-electron chi connectivity index (χ0n) is 12.3. The summed E-state index contributed by atoms with van der Waals surface area (Å²) in [6, 6.07) is 4.92. The van der Waals surface area contributed by atoms with E-state index in [0.29, 0.717) is 15.7 Å². The first-order valence-electron chi connectivity index (χ1n) is 6.84. The number of nitrogens with zero attached hydrogens (tertiary/aromatic N) is 3. The number of halogens is 2. The number of hydrogen-bond acceptors (Lipinski definition) is 4. The van der Waals surface area contributed by atoms with E-state index in [0.717, 1.165) is 23.9 Å². The van der Waals surface area contributed by atoms with E-state index in [-0.39, 0.29) is 11.7 Å². The molecule has 22 heavy (non-hydrogen) atoms. The van der Waals surface area contributed by atoms with Crippen molar-refractivity contribution in [1.82, 2.24) is 14.8 Å². The Kier molecular flexibility index (Phi) is 6.11. The number of amides is 1. The summed E-state index contributed by atoms with van der Waals surface area (Å²) in [5, 5.41) is 12.7. The highest BCUT2D eigenvalue weighted by atomic mass is 35.5. The van der Waals surface area contributed by atoms with E-state index < -0.39 is 0 Å². The number of carbonyl (C=O) groups excluding carboxylic acids is 1. The first-order valence-corrected chi connectivity index (χ1v) is 8.58. The SMILES string of the molecule is CCc1nnc(SCC(=O)Nc2cc(Cl)cc(Cl)c2)n1CC. The second-order valence-electron chi connectivity index (χ2n) is 4.49. The van der Waals surface area contributed by atoms with Gasteiger partial charge in [0.25, 0.3) is 0 Å². The molecule has 8 heteroatoms. The topological polar surface area (TPSA) is 59.8 Å². The molecule has 0 aliphatic heterocycles. The quantitative estimate of drug-likeness (QED) is 0.795. The van der Waals surface area contributed by atoms with Crippen molar-refractivity contribution in [1.29, 1.82) is 0 Å². The normalized spacial score (nSPS) is 10.7. The van der Waals surface area contributed by atoms with Crippen LogP contribution in [0.25, 0.3) is 0 Å². The lowest BCUT2D eigenvalue weighted by atomic mass is 10.3. The van der Waals surface area contributed by atoms with E-state index in [4.69, 9.17) is 23.2 Å². The van der Waals surface area contributed by atoms with Crippen LogP contribution in [-0.2, 0) is 17.8 Å². The van der Waals surface area contributed by atoms with Gasteiger partial charge in [0.05, 0.1) is 5.75 Å².